The number of rotatable bonds is 4. The molecule has 0 fully saturated rings. The first-order valence-electron chi connectivity index (χ1n) is 5.48. The quantitative estimate of drug-likeness (QED) is 0.893. The zero-order valence-electron chi connectivity index (χ0n) is 10.2. The lowest BCUT2D eigenvalue weighted by Gasteiger charge is -2.18. The highest BCUT2D eigenvalue weighted by atomic mass is 32.2. The van der Waals surface area contributed by atoms with Crippen LogP contribution in [-0.2, 0) is 16.6 Å². The first-order valence-corrected chi connectivity index (χ1v) is 6.92. The fourth-order valence-electron chi connectivity index (χ4n) is 1.61. The molecule has 1 aromatic heterocycles. The van der Waals surface area contributed by atoms with Crippen molar-refractivity contribution in [3.8, 4) is 0 Å². The van der Waals surface area contributed by atoms with Crippen LogP contribution >= 0.6 is 0 Å². The molecule has 1 aromatic carbocycles. The summed E-state index contributed by atoms with van der Waals surface area (Å²) < 4.78 is 38.4. The van der Waals surface area contributed by atoms with Crippen molar-refractivity contribution in [1.82, 2.24) is 4.98 Å². The van der Waals surface area contributed by atoms with Gasteiger partial charge < -0.3 is 10.1 Å². The number of hydrogen-bond donors (Lipinski definition) is 2. The number of aromatic nitrogens is 1. The number of hydrogen-bond acceptors (Lipinski definition) is 3. The Kier molecular flexibility index (Phi) is 3.59. The molecule has 0 bridgehead atoms. The summed E-state index contributed by atoms with van der Waals surface area (Å²) in [6, 6.07) is 6.50. The zero-order valence-corrected chi connectivity index (χ0v) is 11.0. The summed E-state index contributed by atoms with van der Waals surface area (Å²) in [4.78, 5) is 2.71. The van der Waals surface area contributed by atoms with Crippen molar-refractivity contribution in [3.63, 3.8) is 0 Å². The molecule has 0 saturated carbocycles. The molecule has 2 aromatic rings. The van der Waals surface area contributed by atoms with Gasteiger partial charge >= 0.3 is 0 Å². The third-order valence-corrected chi connectivity index (χ3v) is 4.50. The number of anilines is 1. The number of H-pyrrole nitrogens is 1. The molecule has 19 heavy (non-hydrogen) atoms. The molecule has 7 heteroatoms. The van der Waals surface area contributed by atoms with E-state index in [0.717, 1.165) is 4.31 Å². The minimum absolute atomic E-state index is 0.0448. The molecule has 1 heterocycles. The summed E-state index contributed by atoms with van der Waals surface area (Å²) in [5.74, 6) is -0.432. The van der Waals surface area contributed by atoms with Crippen molar-refractivity contribution in [1.29, 1.82) is 0 Å². The number of aliphatic hydroxyl groups excluding tert-OH is 1. The molecular formula is C12H13FN2O3S. The monoisotopic (exact) mass is 284 g/mol. The second kappa shape index (κ2) is 5.02. The van der Waals surface area contributed by atoms with Gasteiger partial charge in [-0.15, -0.1) is 0 Å². The van der Waals surface area contributed by atoms with Crippen LogP contribution in [0.15, 0.2) is 41.4 Å². The summed E-state index contributed by atoms with van der Waals surface area (Å²) >= 11 is 0. The van der Waals surface area contributed by atoms with Crippen LogP contribution in [0.2, 0.25) is 0 Å². The van der Waals surface area contributed by atoms with Crippen LogP contribution < -0.4 is 4.31 Å². The first kappa shape index (κ1) is 13.6. The zero-order chi connectivity index (χ0) is 14.0. The first-order chi connectivity index (χ1) is 8.95. The Morgan fingerprint density at radius 3 is 2.47 bits per heavy atom. The molecule has 0 unspecified atom stereocenters. The Bertz CT molecular complexity index is 665. The van der Waals surface area contributed by atoms with E-state index in [2.05, 4.69) is 4.98 Å². The van der Waals surface area contributed by atoms with Crippen LogP contribution in [0, 0.1) is 5.82 Å². The molecule has 0 spiro atoms. The van der Waals surface area contributed by atoms with E-state index in [-0.39, 0.29) is 11.5 Å². The predicted octanol–water partition coefficient (Wildman–Crippen LogP) is 1.47. The highest BCUT2D eigenvalue weighted by Gasteiger charge is 2.22. The van der Waals surface area contributed by atoms with Crippen LogP contribution in [0.3, 0.4) is 0 Å². The standard InChI is InChI=1S/C12H13FN2O3S/c1-15(11-4-2-9(13)3-5-11)19(17,18)12-6-10(8-16)14-7-12/h2-7,14,16H,8H2,1H3. The fourth-order valence-corrected chi connectivity index (χ4v) is 2.82. The van der Waals surface area contributed by atoms with E-state index in [4.69, 9.17) is 5.11 Å². The number of aliphatic hydroxyl groups is 1. The lowest BCUT2D eigenvalue weighted by Crippen LogP contribution is -2.26. The summed E-state index contributed by atoms with van der Waals surface area (Å²) in [5, 5.41) is 8.92. The Morgan fingerprint density at radius 2 is 1.95 bits per heavy atom. The predicted molar refractivity (Wildman–Crippen MR) is 68.7 cm³/mol. The largest absolute Gasteiger partial charge is 0.390 e. The smallest absolute Gasteiger partial charge is 0.265 e. The Labute approximate surface area is 110 Å². The van der Waals surface area contributed by atoms with Gasteiger partial charge in [-0.2, -0.15) is 0 Å². The van der Waals surface area contributed by atoms with Gasteiger partial charge in [0.1, 0.15) is 10.7 Å². The van der Waals surface area contributed by atoms with Crippen LogP contribution in [0.4, 0.5) is 10.1 Å². The molecule has 2 rings (SSSR count). The molecule has 0 aliphatic carbocycles. The van der Waals surface area contributed by atoms with Crippen LogP contribution in [0.25, 0.3) is 0 Å². The average molecular weight is 284 g/mol. The molecule has 0 amide bonds. The van der Waals surface area contributed by atoms with Crippen molar-refractivity contribution < 1.29 is 17.9 Å². The maximum atomic E-state index is 12.8. The molecular weight excluding hydrogens is 271 g/mol. The fraction of sp³-hybridized carbons (Fsp3) is 0.167. The molecule has 0 aliphatic heterocycles. The SMILES string of the molecule is CN(c1ccc(F)cc1)S(=O)(=O)c1c[nH]c(CO)c1. The topological polar surface area (TPSA) is 73.4 Å². The Hall–Kier alpha value is -1.86. The second-order valence-electron chi connectivity index (χ2n) is 3.97. The van der Waals surface area contributed by atoms with E-state index in [0.29, 0.717) is 11.4 Å². The van der Waals surface area contributed by atoms with Crippen molar-refractivity contribution in [2.24, 2.45) is 0 Å². The van der Waals surface area contributed by atoms with Gasteiger partial charge in [0.25, 0.3) is 10.0 Å². The van der Waals surface area contributed by atoms with Gasteiger partial charge in [-0.05, 0) is 30.3 Å². The number of sulfonamides is 1. The van der Waals surface area contributed by atoms with Crippen molar-refractivity contribution in [2.75, 3.05) is 11.4 Å². The van der Waals surface area contributed by atoms with E-state index >= 15 is 0 Å². The van der Waals surface area contributed by atoms with E-state index in [1.165, 1.54) is 43.6 Å². The van der Waals surface area contributed by atoms with Gasteiger partial charge in [0.15, 0.2) is 0 Å². The van der Waals surface area contributed by atoms with Gasteiger partial charge in [-0.1, -0.05) is 0 Å². The van der Waals surface area contributed by atoms with Gasteiger partial charge in [0.2, 0.25) is 0 Å². The number of nitrogens with one attached hydrogen (secondary N) is 1. The number of nitrogens with zero attached hydrogens (tertiary/aromatic N) is 1. The van der Waals surface area contributed by atoms with Gasteiger partial charge in [-0.25, -0.2) is 12.8 Å². The van der Waals surface area contributed by atoms with Crippen molar-refractivity contribution in [3.05, 3.63) is 48.0 Å². The van der Waals surface area contributed by atoms with Crippen LogP contribution in [-0.4, -0.2) is 25.6 Å². The molecule has 0 aliphatic rings. The van der Waals surface area contributed by atoms with Crippen LogP contribution in [0.5, 0.6) is 0 Å². The lowest BCUT2D eigenvalue weighted by molar-refractivity contribution is 0.277. The lowest BCUT2D eigenvalue weighted by atomic mass is 10.3. The second-order valence-corrected chi connectivity index (χ2v) is 5.94. The van der Waals surface area contributed by atoms with Crippen molar-refractivity contribution in [2.45, 2.75) is 11.5 Å². The molecule has 0 radical (unpaired) electrons. The third kappa shape index (κ3) is 2.61. The van der Waals surface area contributed by atoms with Gasteiger partial charge in [0, 0.05) is 18.9 Å². The Morgan fingerprint density at radius 1 is 1.32 bits per heavy atom. The number of aromatic amines is 1. The normalized spacial score (nSPS) is 11.5. The maximum absolute atomic E-state index is 12.8. The maximum Gasteiger partial charge on any atom is 0.265 e. The van der Waals surface area contributed by atoms with Crippen molar-refractivity contribution >= 4 is 15.7 Å². The van der Waals surface area contributed by atoms with Gasteiger partial charge in [-0.3, -0.25) is 4.31 Å². The number of benzene rings is 1. The average Bonchev–Trinajstić information content (AvgIpc) is 2.88. The highest BCUT2D eigenvalue weighted by molar-refractivity contribution is 7.92. The molecule has 5 nitrogen and oxygen atoms in total. The summed E-state index contributed by atoms with van der Waals surface area (Å²) in [7, 11) is -2.34. The Balaban J connectivity index is 2.36. The van der Waals surface area contributed by atoms with E-state index in [9.17, 15) is 12.8 Å². The van der Waals surface area contributed by atoms with Crippen LogP contribution in [0.1, 0.15) is 5.69 Å². The van der Waals surface area contributed by atoms with E-state index in [1.54, 1.807) is 0 Å². The minimum Gasteiger partial charge on any atom is -0.390 e. The molecule has 2 N–H and O–H groups in total. The third-order valence-electron chi connectivity index (χ3n) is 2.74. The number of halogens is 1. The summed E-state index contributed by atoms with van der Waals surface area (Å²) in [5.41, 5.74) is 0.763. The van der Waals surface area contributed by atoms with E-state index < -0.39 is 15.8 Å². The van der Waals surface area contributed by atoms with Gasteiger partial charge in [0.05, 0.1) is 12.3 Å². The molecule has 0 atom stereocenters. The summed E-state index contributed by atoms with van der Waals surface area (Å²) in [6.07, 6.45) is 1.31. The minimum atomic E-state index is -3.73. The molecule has 0 saturated heterocycles. The van der Waals surface area contributed by atoms with E-state index in [1.807, 2.05) is 0 Å². The highest BCUT2D eigenvalue weighted by Crippen LogP contribution is 2.22. The molecule has 102 valence electrons. The summed E-state index contributed by atoms with van der Waals surface area (Å²) in [6.45, 7) is -0.268.